The summed E-state index contributed by atoms with van der Waals surface area (Å²) in [5.41, 5.74) is 5.64. The number of hydrogen-bond donors (Lipinski definition) is 2. The minimum absolute atomic E-state index is 0.201. The van der Waals surface area contributed by atoms with Crippen molar-refractivity contribution in [1.29, 1.82) is 0 Å². The monoisotopic (exact) mass is 184 g/mol. The van der Waals surface area contributed by atoms with E-state index in [1.807, 2.05) is 22.1 Å². The van der Waals surface area contributed by atoms with E-state index in [1.165, 1.54) is 11.3 Å². The van der Waals surface area contributed by atoms with Crippen LogP contribution in [0.2, 0.25) is 0 Å². The number of urea groups is 1. The Morgan fingerprint density at radius 2 is 2.33 bits per heavy atom. The van der Waals surface area contributed by atoms with Gasteiger partial charge >= 0.3 is 6.03 Å². The minimum Gasteiger partial charge on any atom is -0.351 e. The van der Waals surface area contributed by atoms with Crippen molar-refractivity contribution in [3.05, 3.63) is 22.4 Å². The minimum atomic E-state index is -0.810. The van der Waals surface area contributed by atoms with Crippen LogP contribution in [0.3, 0.4) is 0 Å². The summed E-state index contributed by atoms with van der Waals surface area (Å²) in [5.74, 6) is -0.374. The van der Waals surface area contributed by atoms with Crippen molar-refractivity contribution in [2.24, 2.45) is 5.73 Å². The average Bonchev–Trinajstić information content (AvgIpc) is 2.37. The molecule has 1 aromatic rings. The maximum Gasteiger partial charge on any atom is 0.318 e. The fourth-order valence-electron chi connectivity index (χ4n) is 0.760. The van der Waals surface area contributed by atoms with Crippen LogP contribution in [0.5, 0.6) is 0 Å². The molecule has 0 aromatic carbocycles. The maximum atomic E-state index is 10.9. The van der Waals surface area contributed by atoms with E-state index in [4.69, 9.17) is 5.73 Å². The molecule has 0 bridgehead atoms. The highest BCUT2D eigenvalue weighted by atomic mass is 32.1. The van der Waals surface area contributed by atoms with Crippen LogP contribution in [0, 0.1) is 0 Å². The first-order chi connectivity index (χ1) is 5.68. The van der Waals surface area contributed by atoms with Gasteiger partial charge in [0, 0.05) is 0 Å². The number of primary amides is 1. The Morgan fingerprint density at radius 3 is 2.83 bits per heavy atom. The number of carbonyl (C=O) groups is 2. The molecule has 1 aromatic heterocycles. The lowest BCUT2D eigenvalue weighted by atomic mass is 10.2. The van der Waals surface area contributed by atoms with E-state index < -0.39 is 6.03 Å². The molecule has 12 heavy (non-hydrogen) atoms. The summed E-state index contributed by atoms with van der Waals surface area (Å²) in [6.45, 7) is 0. The molecule has 0 unspecified atom stereocenters. The molecule has 0 aliphatic heterocycles. The van der Waals surface area contributed by atoms with Gasteiger partial charge in [-0.3, -0.25) is 10.1 Å². The molecule has 0 saturated carbocycles. The van der Waals surface area contributed by atoms with Gasteiger partial charge in [-0.2, -0.15) is 11.3 Å². The first-order valence-electron chi connectivity index (χ1n) is 3.29. The largest absolute Gasteiger partial charge is 0.351 e. The first kappa shape index (κ1) is 8.73. The number of carbonyl (C=O) groups excluding carboxylic acids is 2. The fourth-order valence-corrected chi connectivity index (χ4v) is 1.43. The third kappa shape index (κ3) is 2.71. The van der Waals surface area contributed by atoms with Crippen molar-refractivity contribution in [3.8, 4) is 0 Å². The summed E-state index contributed by atoms with van der Waals surface area (Å²) < 4.78 is 0. The van der Waals surface area contributed by atoms with Crippen LogP contribution >= 0.6 is 11.3 Å². The van der Waals surface area contributed by atoms with Crippen molar-refractivity contribution in [1.82, 2.24) is 5.32 Å². The molecule has 1 rings (SSSR count). The number of imide groups is 1. The number of nitrogens with one attached hydrogen (secondary N) is 1. The van der Waals surface area contributed by atoms with Gasteiger partial charge in [-0.1, -0.05) is 0 Å². The van der Waals surface area contributed by atoms with Crippen molar-refractivity contribution >= 4 is 23.3 Å². The molecule has 3 amide bonds. The number of amides is 3. The van der Waals surface area contributed by atoms with Gasteiger partial charge in [-0.15, -0.1) is 0 Å². The SMILES string of the molecule is NC(=O)NC(=O)Cc1ccsc1. The van der Waals surface area contributed by atoms with E-state index >= 15 is 0 Å². The van der Waals surface area contributed by atoms with Crippen LogP contribution < -0.4 is 11.1 Å². The summed E-state index contributed by atoms with van der Waals surface area (Å²) in [6, 6.07) is 1.01. The molecule has 3 N–H and O–H groups in total. The molecule has 0 spiro atoms. The fraction of sp³-hybridized carbons (Fsp3) is 0.143. The highest BCUT2D eigenvalue weighted by Gasteiger charge is 2.04. The van der Waals surface area contributed by atoms with Gasteiger partial charge in [-0.25, -0.2) is 4.79 Å². The van der Waals surface area contributed by atoms with E-state index in [0.717, 1.165) is 5.56 Å². The second-order valence-electron chi connectivity index (χ2n) is 2.22. The molecule has 4 nitrogen and oxygen atoms in total. The predicted octanol–water partition coefficient (Wildman–Crippen LogP) is 0.485. The Bertz CT molecular complexity index is 282. The molecule has 5 heteroatoms. The normalized spacial score (nSPS) is 9.33. The van der Waals surface area contributed by atoms with Crippen LogP contribution in [0.4, 0.5) is 4.79 Å². The molecule has 0 saturated heterocycles. The van der Waals surface area contributed by atoms with Gasteiger partial charge in [0.15, 0.2) is 0 Å². The summed E-state index contributed by atoms with van der Waals surface area (Å²) >= 11 is 1.50. The number of nitrogens with two attached hydrogens (primary N) is 1. The third-order valence-corrected chi connectivity index (χ3v) is 1.94. The molecule has 0 aliphatic rings. The molecule has 1 heterocycles. The first-order valence-corrected chi connectivity index (χ1v) is 4.23. The summed E-state index contributed by atoms with van der Waals surface area (Å²) in [6.07, 6.45) is 0.201. The molecular weight excluding hydrogens is 176 g/mol. The van der Waals surface area contributed by atoms with Gasteiger partial charge < -0.3 is 5.73 Å². The zero-order valence-electron chi connectivity index (χ0n) is 6.24. The second-order valence-corrected chi connectivity index (χ2v) is 3.00. The highest BCUT2D eigenvalue weighted by molar-refractivity contribution is 7.07. The van der Waals surface area contributed by atoms with Crippen molar-refractivity contribution in [2.75, 3.05) is 0 Å². The van der Waals surface area contributed by atoms with Crippen LogP contribution in [0.15, 0.2) is 16.8 Å². The van der Waals surface area contributed by atoms with E-state index in [-0.39, 0.29) is 12.3 Å². The molecule has 0 aliphatic carbocycles. The number of thiophene rings is 1. The van der Waals surface area contributed by atoms with Crippen LogP contribution in [-0.2, 0) is 11.2 Å². The van der Waals surface area contributed by atoms with Gasteiger partial charge in [-0.05, 0) is 22.4 Å². The molecule has 0 radical (unpaired) electrons. The Labute approximate surface area is 73.4 Å². The van der Waals surface area contributed by atoms with E-state index in [2.05, 4.69) is 0 Å². The van der Waals surface area contributed by atoms with Gasteiger partial charge in [0.05, 0.1) is 6.42 Å². The lowest BCUT2D eigenvalue weighted by Gasteiger charge is -1.97. The van der Waals surface area contributed by atoms with E-state index in [0.29, 0.717) is 0 Å². The predicted molar refractivity (Wildman–Crippen MR) is 45.7 cm³/mol. The van der Waals surface area contributed by atoms with Crippen LogP contribution in [-0.4, -0.2) is 11.9 Å². The van der Waals surface area contributed by atoms with Gasteiger partial charge in [0.2, 0.25) is 5.91 Å². The van der Waals surface area contributed by atoms with Crippen molar-refractivity contribution < 1.29 is 9.59 Å². The quantitative estimate of drug-likeness (QED) is 0.701. The van der Waals surface area contributed by atoms with E-state index in [1.54, 1.807) is 0 Å². The zero-order chi connectivity index (χ0) is 8.97. The number of rotatable bonds is 2. The number of hydrogen-bond acceptors (Lipinski definition) is 3. The Balaban J connectivity index is 2.42. The Morgan fingerprint density at radius 1 is 1.58 bits per heavy atom. The smallest absolute Gasteiger partial charge is 0.318 e. The van der Waals surface area contributed by atoms with E-state index in [9.17, 15) is 9.59 Å². The summed E-state index contributed by atoms with van der Waals surface area (Å²) in [7, 11) is 0. The second kappa shape index (κ2) is 3.87. The lowest BCUT2D eigenvalue weighted by Crippen LogP contribution is -2.35. The molecule has 64 valence electrons. The maximum absolute atomic E-state index is 10.9. The summed E-state index contributed by atoms with van der Waals surface area (Å²) in [5, 5.41) is 5.70. The lowest BCUT2D eigenvalue weighted by molar-refractivity contribution is -0.119. The average molecular weight is 184 g/mol. The standard InChI is InChI=1S/C7H8N2O2S/c8-7(11)9-6(10)3-5-1-2-12-4-5/h1-2,4H,3H2,(H3,8,9,10,11). The van der Waals surface area contributed by atoms with Crippen LogP contribution in [0.25, 0.3) is 0 Å². The van der Waals surface area contributed by atoms with Gasteiger partial charge in [0.25, 0.3) is 0 Å². The van der Waals surface area contributed by atoms with Crippen molar-refractivity contribution in [3.63, 3.8) is 0 Å². The van der Waals surface area contributed by atoms with Crippen LogP contribution in [0.1, 0.15) is 5.56 Å². The molecule has 0 atom stereocenters. The molecule has 0 fully saturated rings. The highest BCUT2D eigenvalue weighted by Crippen LogP contribution is 2.05. The van der Waals surface area contributed by atoms with Crippen molar-refractivity contribution in [2.45, 2.75) is 6.42 Å². The topological polar surface area (TPSA) is 72.2 Å². The summed E-state index contributed by atoms with van der Waals surface area (Å²) in [4.78, 5) is 21.1. The zero-order valence-corrected chi connectivity index (χ0v) is 7.06. The van der Waals surface area contributed by atoms with Gasteiger partial charge in [0.1, 0.15) is 0 Å². The Kier molecular flexibility index (Phi) is 2.82. The third-order valence-electron chi connectivity index (χ3n) is 1.21. The molecular formula is C7H8N2O2S. The Hall–Kier alpha value is -1.36.